The van der Waals surface area contributed by atoms with Crippen molar-refractivity contribution in [1.29, 1.82) is 0 Å². The molecule has 1 fully saturated rings. The zero-order valence-electron chi connectivity index (χ0n) is 18.1. The Labute approximate surface area is 198 Å². The normalized spacial score (nSPS) is 21.8. The third-order valence-electron chi connectivity index (χ3n) is 5.77. The summed E-state index contributed by atoms with van der Waals surface area (Å²) in [5.41, 5.74) is 0.214. The van der Waals surface area contributed by atoms with E-state index >= 15 is 0 Å². The first-order chi connectivity index (χ1) is 14.7. The highest BCUT2D eigenvalue weighted by Crippen LogP contribution is 2.29. The predicted octanol–water partition coefficient (Wildman–Crippen LogP) is 4.33. The number of carbonyl (C=O) groups excluding carboxylic acids is 3. The van der Waals surface area contributed by atoms with Gasteiger partial charge in [-0.1, -0.05) is 49.9 Å². The average Bonchev–Trinajstić information content (AvgIpc) is 2.72. The largest absolute Gasteiger partial charge is 0.454 e. The van der Waals surface area contributed by atoms with Crippen molar-refractivity contribution < 1.29 is 19.1 Å². The molecule has 0 bridgehead atoms. The molecular formula is C22H30Cl2N2O4S. The first kappa shape index (κ1) is 25.8. The third kappa shape index (κ3) is 7.88. The van der Waals surface area contributed by atoms with Gasteiger partial charge in [0.25, 0.3) is 11.8 Å². The van der Waals surface area contributed by atoms with E-state index in [0.29, 0.717) is 29.0 Å². The summed E-state index contributed by atoms with van der Waals surface area (Å²) < 4.78 is 5.22. The Hall–Kier alpha value is -1.44. The number of rotatable bonds is 9. The number of thioether (sulfide) groups is 1. The number of ether oxygens (including phenoxy) is 1. The molecule has 172 valence electrons. The number of hydrogen-bond acceptors (Lipinski definition) is 5. The lowest BCUT2D eigenvalue weighted by molar-refractivity contribution is -0.150. The molecule has 0 spiro atoms. The van der Waals surface area contributed by atoms with Gasteiger partial charge in [-0.15, -0.1) is 0 Å². The molecular weight excluding hydrogens is 459 g/mol. The SMILES string of the molecule is CSCC[C@@H](NC(=O)c1ccc(Cl)cc1Cl)C(=O)OCC(=O)N[C@@H]1CCC[C@H](C)[C@H]1C. The topological polar surface area (TPSA) is 84.5 Å². The monoisotopic (exact) mass is 488 g/mol. The predicted molar refractivity (Wildman–Crippen MR) is 126 cm³/mol. The molecule has 1 saturated carbocycles. The lowest BCUT2D eigenvalue weighted by Crippen LogP contribution is -2.46. The van der Waals surface area contributed by atoms with Gasteiger partial charge in [-0.2, -0.15) is 11.8 Å². The minimum Gasteiger partial charge on any atom is -0.454 e. The van der Waals surface area contributed by atoms with Gasteiger partial charge < -0.3 is 15.4 Å². The molecule has 4 atom stereocenters. The van der Waals surface area contributed by atoms with Gasteiger partial charge in [0.1, 0.15) is 6.04 Å². The summed E-state index contributed by atoms with van der Waals surface area (Å²) in [5, 5.41) is 6.24. The molecule has 0 radical (unpaired) electrons. The van der Waals surface area contributed by atoms with E-state index in [-0.39, 0.29) is 29.1 Å². The zero-order chi connectivity index (χ0) is 23.0. The summed E-state index contributed by atoms with van der Waals surface area (Å²) in [4.78, 5) is 37.5. The molecule has 0 aromatic heterocycles. The van der Waals surface area contributed by atoms with Crippen LogP contribution in [0, 0.1) is 11.8 Å². The van der Waals surface area contributed by atoms with E-state index in [4.69, 9.17) is 27.9 Å². The molecule has 6 nitrogen and oxygen atoms in total. The van der Waals surface area contributed by atoms with E-state index in [9.17, 15) is 14.4 Å². The van der Waals surface area contributed by atoms with Crippen molar-refractivity contribution >= 4 is 52.7 Å². The van der Waals surface area contributed by atoms with Crippen molar-refractivity contribution in [2.75, 3.05) is 18.6 Å². The Morgan fingerprint density at radius 3 is 2.65 bits per heavy atom. The van der Waals surface area contributed by atoms with E-state index in [0.717, 1.165) is 19.3 Å². The van der Waals surface area contributed by atoms with E-state index in [1.807, 2.05) is 6.26 Å². The van der Waals surface area contributed by atoms with Crippen molar-refractivity contribution in [3.63, 3.8) is 0 Å². The van der Waals surface area contributed by atoms with Gasteiger partial charge in [0.15, 0.2) is 6.61 Å². The van der Waals surface area contributed by atoms with Crippen molar-refractivity contribution in [3.05, 3.63) is 33.8 Å². The molecule has 1 aromatic carbocycles. The van der Waals surface area contributed by atoms with Gasteiger partial charge in [0.2, 0.25) is 0 Å². The van der Waals surface area contributed by atoms with Crippen LogP contribution in [0.4, 0.5) is 0 Å². The maximum Gasteiger partial charge on any atom is 0.329 e. The summed E-state index contributed by atoms with van der Waals surface area (Å²) in [6.07, 6.45) is 5.44. The Kier molecular flexibility index (Phi) is 10.5. The number of amides is 2. The number of benzene rings is 1. The van der Waals surface area contributed by atoms with Gasteiger partial charge in [0, 0.05) is 11.1 Å². The van der Waals surface area contributed by atoms with Crippen LogP contribution < -0.4 is 10.6 Å². The molecule has 2 rings (SSSR count). The summed E-state index contributed by atoms with van der Waals surface area (Å²) in [6, 6.07) is 3.72. The number of nitrogens with one attached hydrogen (secondary N) is 2. The van der Waals surface area contributed by atoms with Crippen LogP contribution in [0.5, 0.6) is 0 Å². The lowest BCUT2D eigenvalue weighted by Gasteiger charge is -2.34. The summed E-state index contributed by atoms with van der Waals surface area (Å²) in [5.74, 6) is 0.0957. The van der Waals surface area contributed by atoms with Crippen LogP contribution in [0.2, 0.25) is 10.0 Å². The number of carbonyl (C=O) groups is 3. The van der Waals surface area contributed by atoms with Gasteiger partial charge in [-0.3, -0.25) is 9.59 Å². The highest BCUT2D eigenvalue weighted by molar-refractivity contribution is 7.98. The molecule has 31 heavy (non-hydrogen) atoms. The van der Waals surface area contributed by atoms with Gasteiger partial charge >= 0.3 is 5.97 Å². The van der Waals surface area contributed by atoms with Crippen LogP contribution >= 0.6 is 35.0 Å². The smallest absolute Gasteiger partial charge is 0.329 e. The van der Waals surface area contributed by atoms with Crippen LogP contribution in [0.15, 0.2) is 18.2 Å². The van der Waals surface area contributed by atoms with Crippen LogP contribution in [0.25, 0.3) is 0 Å². The number of esters is 1. The van der Waals surface area contributed by atoms with Crippen LogP contribution in [-0.2, 0) is 14.3 Å². The van der Waals surface area contributed by atoms with Crippen LogP contribution in [-0.4, -0.2) is 48.5 Å². The Morgan fingerprint density at radius 1 is 1.23 bits per heavy atom. The first-order valence-electron chi connectivity index (χ1n) is 10.4. The second-order valence-electron chi connectivity index (χ2n) is 7.98. The Bertz CT molecular complexity index is 793. The number of halogens is 2. The van der Waals surface area contributed by atoms with Crippen molar-refractivity contribution in [2.24, 2.45) is 11.8 Å². The number of hydrogen-bond donors (Lipinski definition) is 2. The fraction of sp³-hybridized carbons (Fsp3) is 0.591. The van der Waals surface area contributed by atoms with Gasteiger partial charge in [-0.05, 0) is 54.9 Å². The fourth-order valence-electron chi connectivity index (χ4n) is 3.67. The minimum absolute atomic E-state index is 0.0917. The van der Waals surface area contributed by atoms with E-state index in [2.05, 4.69) is 24.5 Å². The van der Waals surface area contributed by atoms with E-state index < -0.39 is 17.9 Å². The fourth-order valence-corrected chi connectivity index (χ4v) is 4.63. The Balaban J connectivity index is 1.92. The quantitative estimate of drug-likeness (QED) is 0.505. The summed E-state index contributed by atoms with van der Waals surface area (Å²) >= 11 is 13.5. The van der Waals surface area contributed by atoms with Crippen molar-refractivity contribution in [1.82, 2.24) is 10.6 Å². The molecule has 0 aliphatic heterocycles. The summed E-state index contributed by atoms with van der Waals surface area (Å²) in [6.45, 7) is 3.95. The highest BCUT2D eigenvalue weighted by Gasteiger charge is 2.29. The molecule has 1 aliphatic carbocycles. The maximum atomic E-state index is 12.6. The summed E-state index contributed by atoms with van der Waals surface area (Å²) in [7, 11) is 0. The second kappa shape index (κ2) is 12.6. The second-order valence-corrected chi connectivity index (χ2v) is 9.81. The van der Waals surface area contributed by atoms with E-state index in [1.165, 1.54) is 12.1 Å². The van der Waals surface area contributed by atoms with Crippen LogP contribution in [0.1, 0.15) is 49.9 Å². The van der Waals surface area contributed by atoms with Crippen LogP contribution in [0.3, 0.4) is 0 Å². The van der Waals surface area contributed by atoms with Gasteiger partial charge in [0.05, 0.1) is 10.6 Å². The van der Waals surface area contributed by atoms with E-state index in [1.54, 1.807) is 17.8 Å². The molecule has 1 aromatic rings. The zero-order valence-corrected chi connectivity index (χ0v) is 20.4. The molecule has 2 amide bonds. The molecule has 9 heteroatoms. The molecule has 2 N–H and O–H groups in total. The maximum absolute atomic E-state index is 12.6. The molecule has 0 saturated heterocycles. The highest BCUT2D eigenvalue weighted by atomic mass is 35.5. The van der Waals surface area contributed by atoms with Crippen molar-refractivity contribution in [2.45, 2.75) is 51.6 Å². The lowest BCUT2D eigenvalue weighted by atomic mass is 9.78. The standard InChI is InChI=1S/C22H30Cl2N2O4S/c1-13-5-4-6-18(14(13)2)25-20(27)12-30-22(29)19(9-10-31-3)26-21(28)16-8-7-15(23)11-17(16)24/h7-8,11,13-14,18-19H,4-6,9-10,12H2,1-3H3,(H,25,27)(H,26,28)/t13-,14+,18+,19+/m0/s1. The Morgan fingerprint density at radius 2 is 1.97 bits per heavy atom. The third-order valence-corrected chi connectivity index (χ3v) is 6.97. The average molecular weight is 489 g/mol. The minimum atomic E-state index is -0.881. The van der Waals surface area contributed by atoms with Crippen molar-refractivity contribution in [3.8, 4) is 0 Å². The first-order valence-corrected chi connectivity index (χ1v) is 12.6. The van der Waals surface area contributed by atoms with Gasteiger partial charge in [-0.25, -0.2) is 4.79 Å². The molecule has 0 unspecified atom stereocenters. The molecule has 0 heterocycles. The molecule has 1 aliphatic rings.